The van der Waals surface area contributed by atoms with Crippen molar-refractivity contribution in [2.45, 2.75) is 44.7 Å². The predicted octanol–water partition coefficient (Wildman–Crippen LogP) is 3.33. The van der Waals surface area contributed by atoms with Gasteiger partial charge in [0.2, 0.25) is 5.91 Å². The van der Waals surface area contributed by atoms with E-state index in [0.717, 1.165) is 51.7 Å². The SMILES string of the molecule is CN(C(=O)[C@@H]1CCC[C@@H]1CN)C1CCN(Cc2ccccc2)CC1.Cl.Cl. The van der Waals surface area contributed by atoms with Gasteiger partial charge in [-0.3, -0.25) is 9.69 Å². The van der Waals surface area contributed by atoms with Crippen molar-refractivity contribution in [1.29, 1.82) is 0 Å². The van der Waals surface area contributed by atoms with Gasteiger partial charge < -0.3 is 10.6 Å². The summed E-state index contributed by atoms with van der Waals surface area (Å²) in [4.78, 5) is 17.4. The Balaban J connectivity index is 0.00000169. The molecule has 0 bridgehead atoms. The third-order valence-electron chi connectivity index (χ3n) is 5.98. The molecule has 1 aromatic carbocycles. The number of rotatable bonds is 5. The molecule has 1 amide bonds. The highest BCUT2D eigenvalue weighted by Crippen LogP contribution is 2.33. The van der Waals surface area contributed by atoms with Gasteiger partial charge in [-0.05, 0) is 43.7 Å². The van der Waals surface area contributed by atoms with E-state index < -0.39 is 0 Å². The third kappa shape index (κ3) is 5.59. The molecule has 148 valence electrons. The molecule has 3 rings (SSSR count). The van der Waals surface area contributed by atoms with E-state index in [-0.39, 0.29) is 30.7 Å². The summed E-state index contributed by atoms with van der Waals surface area (Å²) in [6.07, 6.45) is 5.46. The molecule has 0 unspecified atom stereocenters. The van der Waals surface area contributed by atoms with Crippen molar-refractivity contribution in [3.63, 3.8) is 0 Å². The zero-order chi connectivity index (χ0) is 16.9. The molecule has 1 aliphatic carbocycles. The van der Waals surface area contributed by atoms with Crippen LogP contribution in [0.15, 0.2) is 30.3 Å². The molecule has 1 aromatic rings. The molecule has 1 aliphatic heterocycles. The lowest BCUT2D eigenvalue weighted by Crippen LogP contribution is -2.48. The van der Waals surface area contributed by atoms with Crippen LogP contribution in [0.3, 0.4) is 0 Å². The van der Waals surface area contributed by atoms with Gasteiger partial charge in [0.15, 0.2) is 0 Å². The zero-order valence-electron chi connectivity index (χ0n) is 15.7. The van der Waals surface area contributed by atoms with E-state index in [1.54, 1.807) is 0 Å². The summed E-state index contributed by atoms with van der Waals surface area (Å²) in [6, 6.07) is 11.0. The van der Waals surface area contributed by atoms with Gasteiger partial charge in [0, 0.05) is 38.6 Å². The molecule has 6 heteroatoms. The second-order valence-corrected chi connectivity index (χ2v) is 7.48. The van der Waals surface area contributed by atoms with Gasteiger partial charge >= 0.3 is 0 Å². The van der Waals surface area contributed by atoms with Crippen molar-refractivity contribution in [2.24, 2.45) is 17.6 Å². The Labute approximate surface area is 170 Å². The normalized spacial score (nSPS) is 23.8. The van der Waals surface area contributed by atoms with Gasteiger partial charge in [-0.2, -0.15) is 0 Å². The average Bonchev–Trinajstić information content (AvgIpc) is 3.11. The number of hydrogen-bond acceptors (Lipinski definition) is 3. The van der Waals surface area contributed by atoms with Crippen LogP contribution in [0.1, 0.15) is 37.7 Å². The van der Waals surface area contributed by atoms with Crippen LogP contribution >= 0.6 is 24.8 Å². The summed E-state index contributed by atoms with van der Waals surface area (Å²) < 4.78 is 0. The van der Waals surface area contributed by atoms with E-state index in [9.17, 15) is 4.79 Å². The van der Waals surface area contributed by atoms with E-state index in [1.165, 1.54) is 5.56 Å². The largest absolute Gasteiger partial charge is 0.342 e. The maximum absolute atomic E-state index is 12.8. The molecule has 0 spiro atoms. The predicted molar refractivity (Wildman–Crippen MR) is 112 cm³/mol. The number of piperidine rings is 1. The molecule has 1 saturated carbocycles. The second kappa shape index (κ2) is 11.1. The number of amides is 1. The molecule has 26 heavy (non-hydrogen) atoms. The van der Waals surface area contributed by atoms with Gasteiger partial charge in [0.1, 0.15) is 0 Å². The van der Waals surface area contributed by atoms with Crippen LogP contribution in [-0.4, -0.2) is 48.4 Å². The first kappa shape index (κ1) is 23.2. The smallest absolute Gasteiger partial charge is 0.226 e. The number of carbonyl (C=O) groups excluding carboxylic acids is 1. The van der Waals surface area contributed by atoms with Crippen LogP contribution in [0.4, 0.5) is 0 Å². The van der Waals surface area contributed by atoms with Crippen LogP contribution < -0.4 is 5.73 Å². The maximum atomic E-state index is 12.8. The lowest BCUT2D eigenvalue weighted by Gasteiger charge is -2.38. The Morgan fingerprint density at radius 2 is 1.77 bits per heavy atom. The van der Waals surface area contributed by atoms with Crippen molar-refractivity contribution in [3.8, 4) is 0 Å². The van der Waals surface area contributed by atoms with Crippen LogP contribution in [0.2, 0.25) is 0 Å². The quantitative estimate of drug-likeness (QED) is 0.822. The Bertz CT molecular complexity index is 535. The zero-order valence-corrected chi connectivity index (χ0v) is 17.3. The molecule has 4 nitrogen and oxygen atoms in total. The molecule has 2 atom stereocenters. The number of likely N-dealkylation sites (tertiary alicyclic amines) is 1. The highest BCUT2D eigenvalue weighted by molar-refractivity contribution is 5.85. The van der Waals surface area contributed by atoms with E-state index in [1.807, 2.05) is 11.9 Å². The van der Waals surface area contributed by atoms with Gasteiger partial charge in [0.05, 0.1) is 0 Å². The Morgan fingerprint density at radius 1 is 1.12 bits per heavy atom. The fourth-order valence-electron chi connectivity index (χ4n) is 4.39. The maximum Gasteiger partial charge on any atom is 0.226 e. The number of nitrogens with two attached hydrogens (primary N) is 1. The van der Waals surface area contributed by atoms with Crippen molar-refractivity contribution >= 4 is 30.7 Å². The number of hydrogen-bond donors (Lipinski definition) is 1. The van der Waals surface area contributed by atoms with E-state index in [4.69, 9.17) is 5.73 Å². The number of nitrogens with zero attached hydrogens (tertiary/aromatic N) is 2. The van der Waals surface area contributed by atoms with Crippen molar-refractivity contribution in [1.82, 2.24) is 9.80 Å². The molecule has 1 saturated heterocycles. The minimum Gasteiger partial charge on any atom is -0.342 e. The second-order valence-electron chi connectivity index (χ2n) is 7.48. The lowest BCUT2D eigenvalue weighted by molar-refractivity contribution is -0.138. The molecule has 1 heterocycles. The minimum absolute atomic E-state index is 0. The molecule has 0 aromatic heterocycles. The first-order valence-electron chi connectivity index (χ1n) is 9.42. The monoisotopic (exact) mass is 401 g/mol. The summed E-state index contributed by atoms with van der Waals surface area (Å²) in [5.41, 5.74) is 7.23. The van der Waals surface area contributed by atoms with Crippen LogP contribution in [0.5, 0.6) is 0 Å². The highest BCUT2D eigenvalue weighted by Gasteiger charge is 2.36. The first-order valence-corrected chi connectivity index (χ1v) is 9.42. The number of carbonyl (C=O) groups is 1. The topological polar surface area (TPSA) is 49.6 Å². The van der Waals surface area contributed by atoms with E-state index in [0.29, 0.717) is 24.4 Å². The Hall–Kier alpha value is -0.810. The van der Waals surface area contributed by atoms with Gasteiger partial charge in [-0.1, -0.05) is 36.8 Å². The van der Waals surface area contributed by atoms with Crippen molar-refractivity contribution < 1.29 is 4.79 Å². The molecular formula is C20H33Cl2N3O. The molecule has 2 fully saturated rings. The number of benzene rings is 1. The Kier molecular flexibility index (Phi) is 9.94. The van der Waals surface area contributed by atoms with Gasteiger partial charge in [-0.15, -0.1) is 24.8 Å². The fraction of sp³-hybridized carbons (Fsp3) is 0.650. The molecule has 2 aliphatic rings. The first-order chi connectivity index (χ1) is 11.7. The summed E-state index contributed by atoms with van der Waals surface area (Å²) in [7, 11) is 2.01. The summed E-state index contributed by atoms with van der Waals surface area (Å²) in [5.74, 6) is 0.907. The van der Waals surface area contributed by atoms with E-state index >= 15 is 0 Å². The minimum atomic E-state index is 0. The summed E-state index contributed by atoms with van der Waals surface area (Å²) in [6.45, 7) is 3.81. The average molecular weight is 402 g/mol. The fourth-order valence-corrected chi connectivity index (χ4v) is 4.39. The van der Waals surface area contributed by atoms with Crippen LogP contribution in [0, 0.1) is 11.8 Å². The highest BCUT2D eigenvalue weighted by atomic mass is 35.5. The van der Waals surface area contributed by atoms with E-state index in [2.05, 4.69) is 35.2 Å². The molecular weight excluding hydrogens is 369 g/mol. The standard InChI is InChI=1S/C20H31N3O.2ClH/c1-22(20(24)19-9-5-8-17(19)14-21)18-10-12-23(13-11-18)15-16-6-3-2-4-7-16;;/h2-4,6-7,17-19H,5,8-15,21H2,1H3;2*1H/t17-,19-;;/m1../s1. The van der Waals surface area contributed by atoms with Crippen molar-refractivity contribution in [2.75, 3.05) is 26.7 Å². The Morgan fingerprint density at radius 3 is 2.38 bits per heavy atom. The van der Waals surface area contributed by atoms with Gasteiger partial charge in [0.25, 0.3) is 0 Å². The van der Waals surface area contributed by atoms with Crippen LogP contribution in [0.25, 0.3) is 0 Å². The third-order valence-corrected chi connectivity index (χ3v) is 5.98. The van der Waals surface area contributed by atoms with Gasteiger partial charge in [-0.25, -0.2) is 0 Å². The lowest BCUT2D eigenvalue weighted by atomic mass is 9.93. The summed E-state index contributed by atoms with van der Waals surface area (Å²) in [5, 5.41) is 0. The van der Waals surface area contributed by atoms with Crippen LogP contribution in [-0.2, 0) is 11.3 Å². The number of halogens is 2. The van der Waals surface area contributed by atoms with Crippen molar-refractivity contribution in [3.05, 3.63) is 35.9 Å². The summed E-state index contributed by atoms with van der Waals surface area (Å²) >= 11 is 0. The molecule has 2 N–H and O–H groups in total. The molecule has 0 radical (unpaired) electrons.